The van der Waals surface area contributed by atoms with Gasteiger partial charge in [0.05, 0.1) is 18.1 Å². The van der Waals surface area contributed by atoms with Gasteiger partial charge in [-0.1, -0.05) is 18.2 Å². The van der Waals surface area contributed by atoms with Crippen molar-refractivity contribution in [1.82, 2.24) is 9.78 Å². The highest BCUT2D eigenvalue weighted by atomic mass is 35.5. The fourth-order valence-electron chi connectivity index (χ4n) is 1.93. The summed E-state index contributed by atoms with van der Waals surface area (Å²) in [5.41, 5.74) is 5.02. The highest BCUT2D eigenvalue weighted by molar-refractivity contribution is 6.20. The first-order valence-corrected chi connectivity index (χ1v) is 6.23. The second-order valence-electron chi connectivity index (χ2n) is 4.46. The molecule has 0 saturated carbocycles. The fraction of sp³-hybridized carbons (Fsp3) is 0.357. The summed E-state index contributed by atoms with van der Waals surface area (Å²) in [6.07, 6.45) is 3.86. The van der Waals surface area contributed by atoms with Crippen molar-refractivity contribution in [3.8, 4) is 0 Å². The minimum Gasteiger partial charge on any atom is -0.268 e. The fourth-order valence-corrected chi connectivity index (χ4v) is 2.04. The Balaban J connectivity index is 2.25. The summed E-state index contributed by atoms with van der Waals surface area (Å²) in [5.74, 6) is 0. The predicted octanol–water partition coefficient (Wildman–Crippen LogP) is 3.85. The summed E-state index contributed by atoms with van der Waals surface area (Å²) in [6, 6.07) is 6.36. The van der Waals surface area contributed by atoms with Gasteiger partial charge in [0.25, 0.3) is 0 Å². The average molecular weight is 249 g/mol. The standard InChI is InChI=1S/C14H17ClN2/c1-10-5-4-6-11(2)14(10)9-17-8-13(7-16-17)12(3)15/h4-8,12H,9H2,1-3H3. The molecule has 0 spiro atoms. The number of aryl methyl sites for hydroxylation is 2. The van der Waals surface area contributed by atoms with E-state index in [0.29, 0.717) is 0 Å². The molecule has 0 N–H and O–H groups in total. The molecule has 1 atom stereocenters. The first-order chi connectivity index (χ1) is 8.08. The van der Waals surface area contributed by atoms with Crippen molar-refractivity contribution in [2.24, 2.45) is 0 Å². The van der Waals surface area contributed by atoms with E-state index in [1.165, 1.54) is 16.7 Å². The normalized spacial score (nSPS) is 12.7. The number of aromatic nitrogens is 2. The number of nitrogens with zero attached hydrogens (tertiary/aromatic N) is 2. The number of halogens is 1. The highest BCUT2D eigenvalue weighted by Crippen LogP contribution is 2.19. The Morgan fingerprint density at radius 2 is 1.94 bits per heavy atom. The minimum atomic E-state index is 0.0155. The smallest absolute Gasteiger partial charge is 0.0664 e. The van der Waals surface area contributed by atoms with Crippen LogP contribution in [0.2, 0.25) is 0 Å². The molecule has 1 aromatic heterocycles. The van der Waals surface area contributed by atoms with Crippen molar-refractivity contribution in [2.45, 2.75) is 32.7 Å². The SMILES string of the molecule is Cc1cccc(C)c1Cn1cc(C(C)Cl)cn1. The molecule has 3 heteroatoms. The van der Waals surface area contributed by atoms with Gasteiger partial charge in [0.2, 0.25) is 0 Å². The molecule has 2 rings (SSSR count). The summed E-state index contributed by atoms with van der Waals surface area (Å²) in [6.45, 7) is 7.04. The lowest BCUT2D eigenvalue weighted by molar-refractivity contribution is 0.680. The third-order valence-corrected chi connectivity index (χ3v) is 3.33. The van der Waals surface area contributed by atoms with Crippen LogP contribution in [0.1, 0.15) is 34.6 Å². The van der Waals surface area contributed by atoms with Crippen molar-refractivity contribution in [1.29, 1.82) is 0 Å². The van der Waals surface area contributed by atoms with Gasteiger partial charge in [-0.2, -0.15) is 5.10 Å². The zero-order valence-electron chi connectivity index (χ0n) is 10.4. The lowest BCUT2D eigenvalue weighted by Crippen LogP contribution is -2.03. The Bertz CT molecular complexity index is 494. The van der Waals surface area contributed by atoms with Crippen LogP contribution in [0.15, 0.2) is 30.6 Å². The van der Waals surface area contributed by atoms with E-state index in [2.05, 4.69) is 37.1 Å². The van der Waals surface area contributed by atoms with E-state index < -0.39 is 0 Å². The molecule has 17 heavy (non-hydrogen) atoms. The number of hydrogen-bond acceptors (Lipinski definition) is 1. The molecule has 0 saturated heterocycles. The molecule has 0 aliphatic rings. The van der Waals surface area contributed by atoms with Crippen molar-refractivity contribution in [2.75, 3.05) is 0 Å². The van der Waals surface area contributed by atoms with E-state index in [4.69, 9.17) is 11.6 Å². The van der Waals surface area contributed by atoms with E-state index in [9.17, 15) is 0 Å². The Morgan fingerprint density at radius 1 is 1.29 bits per heavy atom. The van der Waals surface area contributed by atoms with E-state index in [0.717, 1.165) is 12.1 Å². The van der Waals surface area contributed by atoms with Gasteiger partial charge < -0.3 is 0 Å². The molecule has 0 radical (unpaired) electrons. The molecule has 0 fully saturated rings. The summed E-state index contributed by atoms with van der Waals surface area (Å²) in [7, 11) is 0. The van der Waals surface area contributed by atoms with Crippen molar-refractivity contribution in [3.63, 3.8) is 0 Å². The Hall–Kier alpha value is -1.28. The van der Waals surface area contributed by atoms with E-state index in [1.54, 1.807) is 0 Å². The first-order valence-electron chi connectivity index (χ1n) is 5.79. The maximum atomic E-state index is 6.03. The molecule has 0 bridgehead atoms. The molecule has 2 nitrogen and oxygen atoms in total. The molecule has 0 aliphatic heterocycles. The lowest BCUT2D eigenvalue weighted by atomic mass is 10.0. The van der Waals surface area contributed by atoms with E-state index in [-0.39, 0.29) is 5.38 Å². The monoisotopic (exact) mass is 248 g/mol. The Kier molecular flexibility index (Phi) is 3.53. The molecule has 1 aromatic carbocycles. The van der Waals surface area contributed by atoms with Crippen molar-refractivity contribution in [3.05, 3.63) is 52.8 Å². The van der Waals surface area contributed by atoms with Crippen LogP contribution in [0.5, 0.6) is 0 Å². The predicted molar refractivity (Wildman–Crippen MR) is 71.5 cm³/mol. The van der Waals surface area contributed by atoms with Crippen LogP contribution < -0.4 is 0 Å². The number of alkyl halides is 1. The molecule has 1 unspecified atom stereocenters. The third kappa shape index (κ3) is 2.70. The van der Waals surface area contributed by atoms with Crippen LogP contribution in [0.4, 0.5) is 0 Å². The number of rotatable bonds is 3. The lowest BCUT2D eigenvalue weighted by Gasteiger charge is -2.09. The summed E-state index contributed by atoms with van der Waals surface area (Å²) < 4.78 is 1.95. The van der Waals surface area contributed by atoms with Gasteiger partial charge in [-0.05, 0) is 37.5 Å². The largest absolute Gasteiger partial charge is 0.268 e. The molecule has 1 heterocycles. The van der Waals surface area contributed by atoms with Crippen LogP contribution in [0.3, 0.4) is 0 Å². The quantitative estimate of drug-likeness (QED) is 0.755. The zero-order valence-corrected chi connectivity index (χ0v) is 11.2. The molecule has 90 valence electrons. The second-order valence-corrected chi connectivity index (χ2v) is 5.11. The van der Waals surface area contributed by atoms with Crippen LogP contribution in [-0.2, 0) is 6.54 Å². The van der Waals surface area contributed by atoms with Gasteiger partial charge in [0, 0.05) is 11.8 Å². The van der Waals surface area contributed by atoms with Gasteiger partial charge in [-0.25, -0.2) is 0 Å². The Labute approximate surface area is 107 Å². The van der Waals surface area contributed by atoms with Gasteiger partial charge in [0.1, 0.15) is 0 Å². The van der Waals surface area contributed by atoms with Gasteiger partial charge >= 0.3 is 0 Å². The first kappa shape index (κ1) is 12.2. The maximum Gasteiger partial charge on any atom is 0.0664 e. The molecule has 2 aromatic rings. The van der Waals surface area contributed by atoms with Crippen molar-refractivity contribution < 1.29 is 0 Å². The summed E-state index contributed by atoms with van der Waals surface area (Å²) >= 11 is 6.03. The van der Waals surface area contributed by atoms with Crippen LogP contribution in [0.25, 0.3) is 0 Å². The van der Waals surface area contributed by atoms with Crippen LogP contribution in [-0.4, -0.2) is 9.78 Å². The second kappa shape index (κ2) is 4.92. The Morgan fingerprint density at radius 3 is 2.47 bits per heavy atom. The maximum absolute atomic E-state index is 6.03. The summed E-state index contributed by atoms with van der Waals surface area (Å²) in [4.78, 5) is 0. The van der Waals surface area contributed by atoms with E-state index in [1.807, 2.05) is 24.0 Å². The topological polar surface area (TPSA) is 17.8 Å². The highest BCUT2D eigenvalue weighted by Gasteiger charge is 2.07. The minimum absolute atomic E-state index is 0.0155. The molecular weight excluding hydrogens is 232 g/mol. The zero-order chi connectivity index (χ0) is 12.4. The van der Waals surface area contributed by atoms with Gasteiger partial charge in [-0.3, -0.25) is 4.68 Å². The molecule has 0 aliphatic carbocycles. The molecule has 0 amide bonds. The third-order valence-electron chi connectivity index (χ3n) is 3.08. The van der Waals surface area contributed by atoms with Crippen molar-refractivity contribution >= 4 is 11.6 Å². The van der Waals surface area contributed by atoms with Gasteiger partial charge in [-0.15, -0.1) is 11.6 Å². The van der Waals surface area contributed by atoms with E-state index >= 15 is 0 Å². The number of hydrogen-bond donors (Lipinski definition) is 0. The van der Waals surface area contributed by atoms with Crippen LogP contribution >= 0.6 is 11.6 Å². The average Bonchev–Trinajstić information content (AvgIpc) is 2.72. The number of benzene rings is 1. The van der Waals surface area contributed by atoms with Crippen LogP contribution in [0, 0.1) is 13.8 Å². The molecular formula is C14H17ClN2. The summed E-state index contributed by atoms with van der Waals surface area (Å²) in [5, 5.41) is 4.36. The van der Waals surface area contributed by atoms with Gasteiger partial charge in [0.15, 0.2) is 0 Å².